The molecule has 2 aromatic rings. The third-order valence-electron chi connectivity index (χ3n) is 5.22. The van der Waals surface area contributed by atoms with Gasteiger partial charge in [-0.2, -0.15) is 0 Å². The van der Waals surface area contributed by atoms with Gasteiger partial charge in [-0.15, -0.1) is 0 Å². The molecule has 1 heterocycles. The molecule has 6 heteroatoms. The third kappa shape index (κ3) is 5.40. The van der Waals surface area contributed by atoms with E-state index in [-0.39, 0.29) is 5.91 Å². The molecule has 0 unspecified atom stereocenters. The van der Waals surface area contributed by atoms with Crippen LogP contribution in [-0.2, 0) is 4.79 Å². The lowest BCUT2D eigenvalue weighted by Gasteiger charge is -2.30. The zero-order valence-electron chi connectivity index (χ0n) is 16.1. The maximum absolute atomic E-state index is 12.5. The number of hydrogen-bond acceptors (Lipinski definition) is 3. The molecular formula is C22H26Cl2N2O2. The van der Waals surface area contributed by atoms with Gasteiger partial charge in [-0.25, -0.2) is 0 Å². The van der Waals surface area contributed by atoms with Crippen LogP contribution in [0, 0.1) is 0 Å². The lowest BCUT2D eigenvalue weighted by Crippen LogP contribution is -2.32. The number of hydrogen-bond donors (Lipinski definition) is 1. The number of nitrogens with zero attached hydrogens (tertiary/aromatic N) is 1. The maximum Gasteiger partial charge on any atom is 0.225 e. The number of rotatable bonds is 6. The van der Waals surface area contributed by atoms with Crippen molar-refractivity contribution in [3.63, 3.8) is 0 Å². The van der Waals surface area contributed by atoms with E-state index >= 15 is 0 Å². The van der Waals surface area contributed by atoms with E-state index in [1.807, 2.05) is 12.1 Å². The van der Waals surface area contributed by atoms with Gasteiger partial charge in [0.15, 0.2) is 0 Å². The monoisotopic (exact) mass is 420 g/mol. The van der Waals surface area contributed by atoms with Crippen LogP contribution in [0.15, 0.2) is 42.5 Å². The standard InChI is InChI=1S/C22H26Cl2N2O2/c1-28-17-11-9-16(10-12-17)20-8-3-2-4-14-26(20)15-13-21(27)25-22-18(23)6-5-7-19(22)24/h5-7,9-12,20H,2-4,8,13-15H2,1H3,(H,25,27)/t20-/m0/s1. The van der Waals surface area contributed by atoms with Gasteiger partial charge in [-0.3, -0.25) is 9.69 Å². The number of anilines is 1. The Morgan fingerprint density at radius 1 is 1.11 bits per heavy atom. The van der Waals surface area contributed by atoms with Crippen LogP contribution in [0.3, 0.4) is 0 Å². The average molecular weight is 421 g/mol. The zero-order valence-corrected chi connectivity index (χ0v) is 17.6. The number of para-hydroxylation sites is 1. The first kappa shape index (κ1) is 21.0. The van der Waals surface area contributed by atoms with E-state index in [2.05, 4.69) is 22.3 Å². The number of amides is 1. The Morgan fingerprint density at radius 3 is 2.50 bits per heavy atom. The summed E-state index contributed by atoms with van der Waals surface area (Å²) >= 11 is 12.3. The van der Waals surface area contributed by atoms with E-state index in [1.165, 1.54) is 18.4 Å². The average Bonchev–Trinajstić information content (AvgIpc) is 2.95. The fourth-order valence-electron chi connectivity index (χ4n) is 3.70. The number of benzene rings is 2. The molecule has 1 amide bonds. The number of methoxy groups -OCH3 is 1. The first-order valence-electron chi connectivity index (χ1n) is 9.70. The van der Waals surface area contributed by atoms with Crippen LogP contribution >= 0.6 is 23.2 Å². The topological polar surface area (TPSA) is 41.6 Å². The molecule has 0 aliphatic carbocycles. The van der Waals surface area contributed by atoms with Crippen LogP contribution in [0.2, 0.25) is 10.0 Å². The summed E-state index contributed by atoms with van der Waals surface area (Å²) in [5, 5.41) is 3.76. The van der Waals surface area contributed by atoms with Gasteiger partial charge >= 0.3 is 0 Å². The second-order valence-electron chi connectivity index (χ2n) is 7.07. The minimum absolute atomic E-state index is 0.0762. The van der Waals surface area contributed by atoms with Crippen molar-refractivity contribution in [1.82, 2.24) is 4.90 Å². The zero-order chi connectivity index (χ0) is 19.9. The normalized spacial score (nSPS) is 17.8. The first-order chi connectivity index (χ1) is 13.6. The van der Waals surface area contributed by atoms with Crippen molar-refractivity contribution in [2.75, 3.05) is 25.5 Å². The SMILES string of the molecule is COc1ccc([C@@H]2CCCCCN2CCC(=O)Nc2c(Cl)cccc2Cl)cc1. The Labute approximate surface area is 176 Å². The quantitative estimate of drug-likeness (QED) is 0.627. The number of nitrogens with one attached hydrogen (secondary N) is 1. The summed E-state index contributed by atoms with van der Waals surface area (Å²) in [6, 6.07) is 13.8. The molecule has 1 aliphatic heterocycles. The van der Waals surface area contributed by atoms with Crippen LogP contribution < -0.4 is 10.1 Å². The minimum Gasteiger partial charge on any atom is -0.497 e. The van der Waals surface area contributed by atoms with Crippen molar-refractivity contribution in [3.05, 3.63) is 58.1 Å². The number of halogens is 2. The molecule has 0 aromatic heterocycles. The molecule has 0 spiro atoms. The molecule has 1 atom stereocenters. The second kappa shape index (κ2) is 10.1. The van der Waals surface area contributed by atoms with Gasteiger partial charge in [0.2, 0.25) is 5.91 Å². The molecule has 1 aliphatic rings. The lowest BCUT2D eigenvalue weighted by molar-refractivity contribution is -0.116. The van der Waals surface area contributed by atoms with Crippen LogP contribution in [0.1, 0.15) is 43.7 Å². The first-order valence-corrected chi connectivity index (χ1v) is 10.5. The molecule has 1 N–H and O–H groups in total. The van der Waals surface area contributed by atoms with E-state index in [0.717, 1.165) is 25.1 Å². The van der Waals surface area contributed by atoms with Crippen molar-refractivity contribution >= 4 is 34.8 Å². The van der Waals surface area contributed by atoms with Crippen LogP contribution in [0.5, 0.6) is 5.75 Å². The highest BCUT2D eigenvalue weighted by Crippen LogP contribution is 2.32. The summed E-state index contributed by atoms with van der Waals surface area (Å²) in [6.45, 7) is 1.70. The van der Waals surface area contributed by atoms with Crippen molar-refractivity contribution in [1.29, 1.82) is 0 Å². The number of carbonyl (C=O) groups is 1. The van der Waals surface area contributed by atoms with E-state index < -0.39 is 0 Å². The Balaban J connectivity index is 1.65. The van der Waals surface area contributed by atoms with E-state index in [1.54, 1.807) is 25.3 Å². The summed E-state index contributed by atoms with van der Waals surface area (Å²) in [4.78, 5) is 14.9. The number of ether oxygens (including phenoxy) is 1. The summed E-state index contributed by atoms with van der Waals surface area (Å²) in [5.41, 5.74) is 1.76. The predicted molar refractivity (Wildman–Crippen MR) is 115 cm³/mol. The van der Waals surface area contributed by atoms with Crippen LogP contribution in [-0.4, -0.2) is 31.0 Å². The highest BCUT2D eigenvalue weighted by atomic mass is 35.5. The van der Waals surface area contributed by atoms with Crippen LogP contribution in [0.25, 0.3) is 0 Å². The molecule has 4 nitrogen and oxygen atoms in total. The molecule has 0 saturated carbocycles. The van der Waals surface area contributed by atoms with E-state index in [4.69, 9.17) is 27.9 Å². The molecule has 1 saturated heterocycles. The molecular weight excluding hydrogens is 395 g/mol. The van der Waals surface area contributed by atoms with Crippen LogP contribution in [0.4, 0.5) is 5.69 Å². The minimum atomic E-state index is -0.0762. The lowest BCUT2D eigenvalue weighted by atomic mass is 10.0. The number of carbonyl (C=O) groups excluding carboxylic acids is 1. The molecule has 0 radical (unpaired) electrons. The molecule has 0 bridgehead atoms. The second-order valence-corrected chi connectivity index (χ2v) is 7.88. The smallest absolute Gasteiger partial charge is 0.225 e. The highest BCUT2D eigenvalue weighted by Gasteiger charge is 2.23. The molecule has 28 heavy (non-hydrogen) atoms. The third-order valence-corrected chi connectivity index (χ3v) is 5.85. The summed E-state index contributed by atoms with van der Waals surface area (Å²) in [5.74, 6) is 0.785. The largest absolute Gasteiger partial charge is 0.497 e. The molecule has 1 fully saturated rings. The Kier molecular flexibility index (Phi) is 7.60. The van der Waals surface area contributed by atoms with E-state index in [9.17, 15) is 4.79 Å². The van der Waals surface area contributed by atoms with Gasteiger partial charge in [-0.1, -0.05) is 54.2 Å². The van der Waals surface area contributed by atoms with Gasteiger partial charge in [0.1, 0.15) is 5.75 Å². The van der Waals surface area contributed by atoms with Gasteiger partial charge in [-0.05, 0) is 49.2 Å². The van der Waals surface area contributed by atoms with Gasteiger partial charge in [0.25, 0.3) is 0 Å². The summed E-state index contributed by atoms with van der Waals surface area (Å²) < 4.78 is 5.27. The van der Waals surface area contributed by atoms with E-state index in [0.29, 0.717) is 34.7 Å². The summed E-state index contributed by atoms with van der Waals surface area (Å²) in [6.07, 6.45) is 5.09. The number of likely N-dealkylation sites (tertiary alicyclic amines) is 1. The van der Waals surface area contributed by atoms with Gasteiger partial charge < -0.3 is 10.1 Å². The summed E-state index contributed by atoms with van der Waals surface area (Å²) in [7, 11) is 1.68. The maximum atomic E-state index is 12.5. The predicted octanol–water partition coefficient (Wildman–Crippen LogP) is 5.95. The van der Waals surface area contributed by atoms with Crippen molar-refractivity contribution in [2.24, 2.45) is 0 Å². The highest BCUT2D eigenvalue weighted by molar-refractivity contribution is 6.39. The Hall–Kier alpha value is -1.75. The molecule has 150 valence electrons. The van der Waals surface area contributed by atoms with Gasteiger partial charge in [0.05, 0.1) is 22.8 Å². The van der Waals surface area contributed by atoms with Gasteiger partial charge in [0, 0.05) is 19.0 Å². The Morgan fingerprint density at radius 2 is 1.82 bits per heavy atom. The fraction of sp³-hybridized carbons (Fsp3) is 0.409. The fourth-order valence-corrected chi connectivity index (χ4v) is 4.20. The van der Waals surface area contributed by atoms with Crippen molar-refractivity contribution in [3.8, 4) is 5.75 Å². The van der Waals surface area contributed by atoms with Crippen molar-refractivity contribution < 1.29 is 9.53 Å². The van der Waals surface area contributed by atoms with Crippen molar-refractivity contribution in [2.45, 2.75) is 38.1 Å². The molecule has 2 aromatic carbocycles. The Bertz CT molecular complexity index is 775. The molecule has 3 rings (SSSR count).